The summed E-state index contributed by atoms with van der Waals surface area (Å²) in [5.74, 6) is 0. The summed E-state index contributed by atoms with van der Waals surface area (Å²) in [5, 5.41) is 3.58. The van der Waals surface area contributed by atoms with Crippen LogP contribution >= 0.6 is 15.9 Å². The van der Waals surface area contributed by atoms with Crippen LogP contribution in [-0.2, 0) is 4.74 Å². The van der Waals surface area contributed by atoms with E-state index in [1.165, 1.54) is 5.56 Å². The van der Waals surface area contributed by atoms with E-state index in [2.05, 4.69) is 53.3 Å². The summed E-state index contributed by atoms with van der Waals surface area (Å²) in [5.41, 5.74) is 1.37. The van der Waals surface area contributed by atoms with Gasteiger partial charge in [0.1, 0.15) is 0 Å². The zero-order valence-corrected chi connectivity index (χ0v) is 11.4. The van der Waals surface area contributed by atoms with Gasteiger partial charge in [-0.15, -0.1) is 0 Å². The first-order valence-electron chi connectivity index (χ1n) is 5.76. The van der Waals surface area contributed by atoms with Crippen molar-refractivity contribution in [3.05, 3.63) is 34.3 Å². The summed E-state index contributed by atoms with van der Waals surface area (Å²) in [6, 6.07) is 8.26. The molecular weight excluding hydrogens is 266 g/mol. The second kappa shape index (κ2) is 4.86. The summed E-state index contributed by atoms with van der Waals surface area (Å²) >= 11 is 3.57. The summed E-state index contributed by atoms with van der Waals surface area (Å²) in [7, 11) is 0. The Balaban J connectivity index is 2.07. The van der Waals surface area contributed by atoms with Crippen molar-refractivity contribution in [2.45, 2.75) is 31.9 Å². The molecular formula is C13H18BrNO. The molecule has 2 rings (SSSR count). The molecule has 1 heterocycles. The Morgan fingerprint density at radius 2 is 2.25 bits per heavy atom. The molecule has 0 radical (unpaired) electrons. The molecule has 3 heteroatoms. The molecule has 1 fully saturated rings. The van der Waals surface area contributed by atoms with Crippen LogP contribution in [0.3, 0.4) is 0 Å². The number of benzene rings is 1. The molecule has 1 N–H and O–H groups in total. The maximum absolute atomic E-state index is 5.96. The van der Waals surface area contributed by atoms with E-state index in [4.69, 9.17) is 4.74 Å². The average molecular weight is 284 g/mol. The van der Waals surface area contributed by atoms with Gasteiger partial charge in [-0.05, 0) is 25.0 Å². The molecule has 2 unspecified atom stereocenters. The number of nitrogens with one attached hydrogen (secondary N) is 1. The number of halogens is 1. The van der Waals surface area contributed by atoms with E-state index >= 15 is 0 Å². The molecule has 2 nitrogen and oxygen atoms in total. The highest BCUT2D eigenvalue weighted by Gasteiger charge is 2.30. The second-order valence-corrected chi connectivity index (χ2v) is 5.47. The van der Waals surface area contributed by atoms with Gasteiger partial charge in [0.25, 0.3) is 0 Å². The van der Waals surface area contributed by atoms with Gasteiger partial charge in [0.15, 0.2) is 0 Å². The minimum absolute atomic E-state index is 0.137. The molecule has 1 saturated heterocycles. The Morgan fingerprint density at radius 3 is 2.81 bits per heavy atom. The van der Waals surface area contributed by atoms with E-state index in [1.54, 1.807) is 0 Å². The molecule has 88 valence electrons. The van der Waals surface area contributed by atoms with Gasteiger partial charge in [0, 0.05) is 16.6 Å². The van der Waals surface area contributed by atoms with Gasteiger partial charge in [0.2, 0.25) is 0 Å². The molecule has 0 spiro atoms. The van der Waals surface area contributed by atoms with Crippen molar-refractivity contribution in [3.8, 4) is 0 Å². The van der Waals surface area contributed by atoms with Crippen LogP contribution < -0.4 is 5.32 Å². The van der Waals surface area contributed by atoms with Crippen LogP contribution in [0.2, 0.25) is 0 Å². The van der Waals surface area contributed by atoms with Crippen LogP contribution in [-0.4, -0.2) is 18.7 Å². The van der Waals surface area contributed by atoms with Crippen molar-refractivity contribution >= 4 is 15.9 Å². The van der Waals surface area contributed by atoms with E-state index in [1.807, 2.05) is 6.07 Å². The van der Waals surface area contributed by atoms with Gasteiger partial charge >= 0.3 is 0 Å². The minimum atomic E-state index is 0.137. The maximum atomic E-state index is 5.96. The lowest BCUT2D eigenvalue weighted by Gasteiger charge is -2.38. The Hall–Kier alpha value is -0.380. The van der Waals surface area contributed by atoms with Gasteiger partial charge in [-0.1, -0.05) is 41.1 Å². The summed E-state index contributed by atoms with van der Waals surface area (Å²) < 4.78 is 7.09. The summed E-state index contributed by atoms with van der Waals surface area (Å²) in [4.78, 5) is 0. The predicted molar refractivity (Wildman–Crippen MR) is 69.5 cm³/mol. The SMILES string of the molecule is CCC1(C)COC(c2ccccc2Br)CN1. The van der Waals surface area contributed by atoms with Gasteiger partial charge in [-0.3, -0.25) is 0 Å². The van der Waals surface area contributed by atoms with E-state index in [0.717, 1.165) is 24.0 Å². The van der Waals surface area contributed by atoms with Crippen LogP contribution in [0.5, 0.6) is 0 Å². The topological polar surface area (TPSA) is 21.3 Å². The van der Waals surface area contributed by atoms with Crippen LogP contribution in [0.1, 0.15) is 31.9 Å². The van der Waals surface area contributed by atoms with E-state index in [0.29, 0.717) is 0 Å². The minimum Gasteiger partial charge on any atom is -0.370 e. The normalized spacial score (nSPS) is 30.3. The van der Waals surface area contributed by atoms with Crippen LogP contribution in [0.4, 0.5) is 0 Å². The van der Waals surface area contributed by atoms with Crippen LogP contribution in [0.15, 0.2) is 28.7 Å². The number of hydrogen-bond donors (Lipinski definition) is 1. The van der Waals surface area contributed by atoms with Gasteiger partial charge in [-0.2, -0.15) is 0 Å². The van der Waals surface area contributed by atoms with Crippen molar-refractivity contribution < 1.29 is 4.74 Å². The lowest BCUT2D eigenvalue weighted by atomic mass is 9.96. The third-order valence-electron chi connectivity index (χ3n) is 3.35. The quantitative estimate of drug-likeness (QED) is 0.900. The third kappa shape index (κ3) is 2.47. The smallest absolute Gasteiger partial charge is 0.0961 e. The molecule has 0 aliphatic carbocycles. The lowest BCUT2D eigenvalue weighted by molar-refractivity contribution is -0.0302. The first kappa shape index (κ1) is 12.1. The Bertz CT molecular complexity index is 359. The van der Waals surface area contributed by atoms with Crippen LogP contribution in [0, 0.1) is 0 Å². The summed E-state index contributed by atoms with van der Waals surface area (Å²) in [6.45, 7) is 6.06. The van der Waals surface area contributed by atoms with Crippen molar-refractivity contribution in [2.75, 3.05) is 13.2 Å². The Kier molecular flexibility index (Phi) is 3.67. The summed E-state index contributed by atoms with van der Waals surface area (Å²) in [6.07, 6.45) is 1.26. The number of morpholine rings is 1. The number of hydrogen-bond acceptors (Lipinski definition) is 2. The van der Waals surface area contributed by atoms with Gasteiger partial charge < -0.3 is 10.1 Å². The third-order valence-corrected chi connectivity index (χ3v) is 4.07. The Labute approximate surface area is 106 Å². The zero-order valence-electron chi connectivity index (χ0n) is 9.79. The van der Waals surface area contributed by atoms with Crippen molar-refractivity contribution in [3.63, 3.8) is 0 Å². The molecule has 0 aromatic heterocycles. The van der Waals surface area contributed by atoms with Crippen molar-refractivity contribution in [1.82, 2.24) is 5.32 Å². The standard InChI is InChI=1S/C13H18BrNO/c1-3-13(2)9-16-12(8-15-13)10-6-4-5-7-11(10)14/h4-7,12,15H,3,8-9H2,1-2H3. The Morgan fingerprint density at radius 1 is 1.50 bits per heavy atom. The average Bonchev–Trinajstić information content (AvgIpc) is 2.31. The monoisotopic (exact) mass is 283 g/mol. The lowest BCUT2D eigenvalue weighted by Crippen LogP contribution is -2.52. The highest BCUT2D eigenvalue weighted by Crippen LogP contribution is 2.29. The first-order valence-corrected chi connectivity index (χ1v) is 6.55. The fraction of sp³-hybridized carbons (Fsp3) is 0.538. The predicted octanol–water partition coefficient (Wildman–Crippen LogP) is 3.28. The van der Waals surface area contributed by atoms with Crippen LogP contribution in [0.25, 0.3) is 0 Å². The van der Waals surface area contributed by atoms with E-state index < -0.39 is 0 Å². The molecule has 0 saturated carbocycles. The molecule has 0 amide bonds. The molecule has 1 aliphatic rings. The molecule has 1 aromatic carbocycles. The fourth-order valence-electron chi connectivity index (χ4n) is 1.90. The van der Waals surface area contributed by atoms with Gasteiger partial charge in [-0.25, -0.2) is 0 Å². The molecule has 1 aliphatic heterocycles. The molecule has 16 heavy (non-hydrogen) atoms. The number of ether oxygens (including phenoxy) is 1. The highest BCUT2D eigenvalue weighted by molar-refractivity contribution is 9.10. The second-order valence-electron chi connectivity index (χ2n) is 4.62. The maximum Gasteiger partial charge on any atom is 0.0961 e. The molecule has 2 atom stereocenters. The van der Waals surface area contributed by atoms with Gasteiger partial charge in [0.05, 0.1) is 12.7 Å². The molecule has 1 aromatic rings. The zero-order chi connectivity index (χ0) is 11.6. The van der Waals surface area contributed by atoms with Crippen molar-refractivity contribution in [1.29, 1.82) is 0 Å². The van der Waals surface area contributed by atoms with E-state index in [-0.39, 0.29) is 11.6 Å². The van der Waals surface area contributed by atoms with E-state index in [9.17, 15) is 0 Å². The fourth-order valence-corrected chi connectivity index (χ4v) is 2.44. The highest BCUT2D eigenvalue weighted by atomic mass is 79.9. The number of rotatable bonds is 2. The van der Waals surface area contributed by atoms with Crippen molar-refractivity contribution in [2.24, 2.45) is 0 Å². The molecule has 0 bridgehead atoms. The largest absolute Gasteiger partial charge is 0.370 e. The first-order chi connectivity index (χ1) is 7.64.